The highest BCUT2D eigenvalue weighted by atomic mass is 35.5. The topological polar surface area (TPSA) is 122 Å². The molecule has 0 unspecified atom stereocenters. The van der Waals surface area contributed by atoms with E-state index < -0.39 is 11.5 Å². The molecule has 3 aromatic heterocycles. The molecule has 1 aliphatic rings. The molecule has 3 aromatic rings. The maximum Gasteiger partial charge on any atom is 0.263 e. The molecule has 0 atom stereocenters. The number of nitrogens with two attached hydrogens (primary N) is 1. The predicted octanol–water partition coefficient (Wildman–Crippen LogP) is 2.60. The Hall–Kier alpha value is -2.91. The van der Waals surface area contributed by atoms with Gasteiger partial charge in [-0.25, -0.2) is 9.50 Å². The van der Waals surface area contributed by atoms with E-state index >= 15 is 0 Å². The number of hydrogen-bond donors (Lipinski definition) is 3. The van der Waals surface area contributed by atoms with Gasteiger partial charge in [0.25, 0.3) is 5.91 Å². The number of nitrogens with zero attached hydrogens (tertiary/aromatic N) is 5. The van der Waals surface area contributed by atoms with E-state index in [1.165, 1.54) is 10.7 Å². The van der Waals surface area contributed by atoms with Crippen LogP contribution in [0.1, 0.15) is 37.0 Å². The van der Waals surface area contributed by atoms with Crippen LogP contribution in [0, 0.1) is 5.92 Å². The predicted molar refractivity (Wildman–Crippen MR) is 116 cm³/mol. The third kappa shape index (κ3) is 3.90. The van der Waals surface area contributed by atoms with Crippen molar-refractivity contribution in [3.63, 3.8) is 0 Å². The molecule has 0 bridgehead atoms. The lowest BCUT2D eigenvalue weighted by atomic mass is 9.83. The van der Waals surface area contributed by atoms with Gasteiger partial charge in [0, 0.05) is 25.5 Å². The number of aromatic nitrogens is 4. The van der Waals surface area contributed by atoms with E-state index in [0.717, 1.165) is 31.6 Å². The van der Waals surface area contributed by atoms with Gasteiger partial charge in [0.2, 0.25) is 0 Å². The number of carbonyl (C=O) groups excluding carboxylic acids is 1. The number of nitrogens with one attached hydrogen (secondary N) is 1. The van der Waals surface area contributed by atoms with Crippen LogP contribution in [0.25, 0.3) is 5.65 Å². The molecule has 4 heterocycles. The summed E-state index contributed by atoms with van der Waals surface area (Å²) in [6.07, 6.45) is 8.02. The zero-order valence-corrected chi connectivity index (χ0v) is 17.6. The van der Waals surface area contributed by atoms with Crippen LogP contribution >= 0.6 is 11.6 Å². The Morgan fingerprint density at radius 3 is 2.77 bits per heavy atom. The first-order valence-electron chi connectivity index (χ1n) is 9.76. The summed E-state index contributed by atoms with van der Waals surface area (Å²) in [5, 5.41) is 17.7. The summed E-state index contributed by atoms with van der Waals surface area (Å²) in [5.74, 6) is -0.109. The first kappa shape index (κ1) is 20.4. The average molecular weight is 430 g/mol. The Labute approximate surface area is 178 Å². The Morgan fingerprint density at radius 1 is 1.33 bits per heavy atom. The third-order valence-electron chi connectivity index (χ3n) is 5.58. The monoisotopic (exact) mass is 429 g/mol. The number of rotatable bonds is 4. The lowest BCUT2D eigenvalue weighted by Crippen LogP contribution is -2.42. The van der Waals surface area contributed by atoms with Crippen molar-refractivity contribution in [2.45, 2.75) is 32.3 Å². The van der Waals surface area contributed by atoms with E-state index in [-0.39, 0.29) is 17.3 Å². The molecule has 1 amide bonds. The second-order valence-electron chi connectivity index (χ2n) is 8.06. The second-order valence-corrected chi connectivity index (χ2v) is 8.50. The molecule has 4 N–H and O–H groups in total. The SMILES string of the molecule is CC(C)(O)C1CCN(c2ccncc2NC(=O)c2c(N)nn3cc(Cl)cnc23)CC1. The fraction of sp³-hybridized carbons (Fsp3) is 0.400. The van der Waals surface area contributed by atoms with Crippen molar-refractivity contribution in [1.29, 1.82) is 0 Å². The summed E-state index contributed by atoms with van der Waals surface area (Å²) in [6.45, 7) is 5.27. The number of anilines is 3. The highest BCUT2D eigenvalue weighted by molar-refractivity contribution is 6.30. The molecule has 0 aliphatic carbocycles. The first-order valence-corrected chi connectivity index (χ1v) is 10.1. The van der Waals surface area contributed by atoms with Crippen LogP contribution in [0.5, 0.6) is 0 Å². The summed E-state index contributed by atoms with van der Waals surface area (Å²) in [6, 6.07) is 1.87. The summed E-state index contributed by atoms with van der Waals surface area (Å²) >= 11 is 5.94. The molecular weight excluding hydrogens is 406 g/mol. The standard InChI is InChI=1S/C20H24ClN7O2/c1-20(2,30)12-4-7-27(8-5-12)15-3-6-23-10-14(15)25-19(29)16-17(22)26-28-11-13(21)9-24-18(16)28/h3,6,9-12,30H,4-5,7-8H2,1-2H3,(H2,22,26)(H,25,29). The zero-order chi connectivity index (χ0) is 21.5. The van der Waals surface area contributed by atoms with Crippen LogP contribution in [-0.2, 0) is 0 Å². The van der Waals surface area contributed by atoms with E-state index in [1.807, 2.05) is 19.9 Å². The van der Waals surface area contributed by atoms with Crippen molar-refractivity contribution in [1.82, 2.24) is 19.6 Å². The number of aliphatic hydroxyl groups is 1. The van der Waals surface area contributed by atoms with E-state index in [0.29, 0.717) is 16.4 Å². The fourth-order valence-electron chi connectivity index (χ4n) is 3.92. The van der Waals surface area contributed by atoms with Gasteiger partial charge in [-0.15, -0.1) is 5.10 Å². The molecule has 0 spiro atoms. The number of carbonyl (C=O) groups is 1. The van der Waals surface area contributed by atoms with Crippen molar-refractivity contribution in [3.05, 3.63) is 41.4 Å². The number of halogens is 1. The molecule has 1 saturated heterocycles. The minimum Gasteiger partial charge on any atom is -0.390 e. The third-order valence-corrected chi connectivity index (χ3v) is 5.77. The highest BCUT2D eigenvalue weighted by Gasteiger charge is 2.31. The first-order chi connectivity index (χ1) is 14.2. The number of pyridine rings is 1. The average Bonchev–Trinajstić information content (AvgIpc) is 3.02. The zero-order valence-electron chi connectivity index (χ0n) is 16.8. The largest absolute Gasteiger partial charge is 0.390 e. The van der Waals surface area contributed by atoms with Gasteiger partial charge in [0.15, 0.2) is 11.5 Å². The minimum absolute atomic E-state index is 0.0682. The molecule has 1 aliphatic heterocycles. The summed E-state index contributed by atoms with van der Waals surface area (Å²) in [4.78, 5) is 23.6. The van der Waals surface area contributed by atoms with Crippen molar-refractivity contribution >= 4 is 40.3 Å². The molecule has 0 saturated carbocycles. The van der Waals surface area contributed by atoms with Gasteiger partial charge in [-0.2, -0.15) is 0 Å². The lowest BCUT2D eigenvalue weighted by Gasteiger charge is -2.39. The van der Waals surface area contributed by atoms with E-state index in [2.05, 4.69) is 25.3 Å². The van der Waals surface area contributed by atoms with Crippen LogP contribution in [0.3, 0.4) is 0 Å². The Kier molecular flexibility index (Phi) is 5.25. The molecule has 9 nitrogen and oxygen atoms in total. The Morgan fingerprint density at radius 2 is 2.07 bits per heavy atom. The molecular formula is C20H24ClN7O2. The van der Waals surface area contributed by atoms with E-state index in [4.69, 9.17) is 17.3 Å². The summed E-state index contributed by atoms with van der Waals surface area (Å²) in [7, 11) is 0. The quantitative estimate of drug-likeness (QED) is 0.582. The van der Waals surface area contributed by atoms with Crippen molar-refractivity contribution < 1.29 is 9.90 Å². The summed E-state index contributed by atoms with van der Waals surface area (Å²) < 4.78 is 1.39. The molecule has 158 valence electrons. The number of piperidine rings is 1. The van der Waals surface area contributed by atoms with Gasteiger partial charge >= 0.3 is 0 Å². The van der Waals surface area contributed by atoms with Crippen LogP contribution in [0.2, 0.25) is 5.02 Å². The lowest BCUT2D eigenvalue weighted by molar-refractivity contribution is 0.00652. The molecule has 10 heteroatoms. The van der Waals surface area contributed by atoms with Crippen LogP contribution in [0.4, 0.5) is 17.2 Å². The van der Waals surface area contributed by atoms with E-state index in [1.54, 1.807) is 18.6 Å². The number of nitrogen functional groups attached to an aromatic ring is 1. The van der Waals surface area contributed by atoms with Crippen molar-refractivity contribution in [2.75, 3.05) is 29.0 Å². The minimum atomic E-state index is -0.696. The number of amides is 1. The number of fused-ring (bicyclic) bond motifs is 1. The van der Waals surface area contributed by atoms with E-state index in [9.17, 15) is 9.90 Å². The van der Waals surface area contributed by atoms with Crippen molar-refractivity contribution in [2.24, 2.45) is 5.92 Å². The van der Waals surface area contributed by atoms with Gasteiger partial charge in [-0.1, -0.05) is 11.6 Å². The molecule has 0 radical (unpaired) electrons. The maximum atomic E-state index is 13.0. The highest BCUT2D eigenvalue weighted by Crippen LogP contribution is 2.33. The van der Waals surface area contributed by atoms with Crippen LogP contribution < -0.4 is 16.0 Å². The van der Waals surface area contributed by atoms with Gasteiger partial charge in [-0.05, 0) is 38.7 Å². The normalized spacial score (nSPS) is 15.5. The van der Waals surface area contributed by atoms with Crippen molar-refractivity contribution in [3.8, 4) is 0 Å². The Balaban J connectivity index is 1.57. The number of hydrogen-bond acceptors (Lipinski definition) is 7. The Bertz CT molecular complexity index is 1080. The van der Waals surface area contributed by atoms with Gasteiger partial charge in [0.05, 0.1) is 34.4 Å². The molecule has 1 fully saturated rings. The maximum absolute atomic E-state index is 13.0. The smallest absolute Gasteiger partial charge is 0.263 e. The van der Waals surface area contributed by atoms with Gasteiger partial charge < -0.3 is 21.1 Å². The van der Waals surface area contributed by atoms with Gasteiger partial charge in [-0.3, -0.25) is 9.78 Å². The van der Waals surface area contributed by atoms with Crippen LogP contribution in [0.15, 0.2) is 30.9 Å². The fourth-order valence-corrected chi connectivity index (χ4v) is 4.06. The van der Waals surface area contributed by atoms with Crippen LogP contribution in [-0.4, -0.2) is 49.3 Å². The second kappa shape index (κ2) is 7.73. The summed E-state index contributed by atoms with van der Waals surface area (Å²) in [5.41, 5.74) is 7.23. The molecule has 30 heavy (non-hydrogen) atoms. The molecule has 0 aromatic carbocycles. The van der Waals surface area contributed by atoms with Gasteiger partial charge in [0.1, 0.15) is 5.56 Å². The molecule has 4 rings (SSSR count).